The summed E-state index contributed by atoms with van der Waals surface area (Å²) in [6.45, 7) is 4.28. The first-order valence-electron chi connectivity index (χ1n) is 5.44. The molecule has 1 aliphatic heterocycles. The van der Waals surface area contributed by atoms with E-state index in [4.69, 9.17) is 15.6 Å². The van der Waals surface area contributed by atoms with Crippen LogP contribution in [-0.2, 0) is 4.74 Å². The third-order valence-electron chi connectivity index (χ3n) is 3.21. The van der Waals surface area contributed by atoms with Crippen LogP contribution in [0.3, 0.4) is 0 Å². The van der Waals surface area contributed by atoms with Gasteiger partial charge in [0, 0.05) is 25.2 Å². The van der Waals surface area contributed by atoms with Crippen LogP contribution in [-0.4, -0.2) is 55.0 Å². The fraction of sp³-hybridized carbons (Fsp3) is 1.00. The van der Waals surface area contributed by atoms with Crippen LogP contribution < -0.4 is 5.73 Å². The molecule has 2 rings (SSSR count). The van der Waals surface area contributed by atoms with Gasteiger partial charge in [-0.3, -0.25) is 4.90 Å². The highest BCUT2D eigenvalue weighted by Crippen LogP contribution is 2.42. The van der Waals surface area contributed by atoms with Crippen molar-refractivity contribution in [3.63, 3.8) is 0 Å². The van der Waals surface area contributed by atoms with E-state index in [1.807, 2.05) is 0 Å². The van der Waals surface area contributed by atoms with E-state index in [0.29, 0.717) is 13.2 Å². The highest BCUT2D eigenvalue weighted by molar-refractivity contribution is 5.08. The summed E-state index contributed by atoms with van der Waals surface area (Å²) in [6, 6.07) is 0. The van der Waals surface area contributed by atoms with Crippen LogP contribution in [0.15, 0.2) is 0 Å². The van der Waals surface area contributed by atoms with Gasteiger partial charge in [0.15, 0.2) is 0 Å². The van der Waals surface area contributed by atoms with Crippen molar-refractivity contribution in [2.45, 2.75) is 18.4 Å². The van der Waals surface area contributed by atoms with Gasteiger partial charge in [0.25, 0.3) is 0 Å². The molecule has 0 aromatic heterocycles. The number of nitrogens with two attached hydrogens (primary N) is 1. The Morgan fingerprint density at radius 3 is 2.64 bits per heavy atom. The summed E-state index contributed by atoms with van der Waals surface area (Å²) in [7, 11) is 0. The predicted octanol–water partition coefficient (Wildman–Crippen LogP) is -0.582. The number of hydrogen-bond donors (Lipinski definition) is 2. The molecule has 2 fully saturated rings. The molecule has 0 amide bonds. The van der Waals surface area contributed by atoms with E-state index < -0.39 is 0 Å². The number of aliphatic hydroxyl groups is 1. The molecule has 0 bridgehead atoms. The Kier molecular flexibility index (Phi) is 3.07. The molecule has 14 heavy (non-hydrogen) atoms. The normalized spacial score (nSPS) is 26.1. The molecule has 1 heterocycles. The van der Waals surface area contributed by atoms with Crippen molar-refractivity contribution in [2.24, 2.45) is 11.7 Å². The maximum absolute atomic E-state index is 8.51. The van der Waals surface area contributed by atoms with Crippen LogP contribution in [0.1, 0.15) is 12.8 Å². The lowest BCUT2D eigenvalue weighted by Gasteiger charge is -2.48. The molecule has 4 heteroatoms. The van der Waals surface area contributed by atoms with E-state index >= 15 is 0 Å². The molecule has 1 aliphatic carbocycles. The Balaban J connectivity index is 1.54. The SMILES string of the molecule is NC1(C2CC2)CN(CCOCCO)C1. The van der Waals surface area contributed by atoms with E-state index in [0.717, 1.165) is 25.6 Å². The van der Waals surface area contributed by atoms with E-state index in [1.165, 1.54) is 12.8 Å². The molecule has 3 N–H and O–H groups in total. The van der Waals surface area contributed by atoms with Gasteiger partial charge >= 0.3 is 0 Å². The number of ether oxygens (including phenoxy) is 1. The lowest BCUT2D eigenvalue weighted by atomic mass is 9.86. The molecule has 1 saturated carbocycles. The molecule has 1 saturated heterocycles. The summed E-state index contributed by atoms with van der Waals surface area (Å²) in [5.41, 5.74) is 6.33. The lowest BCUT2D eigenvalue weighted by molar-refractivity contribution is 0.0150. The van der Waals surface area contributed by atoms with Gasteiger partial charge in [-0.25, -0.2) is 0 Å². The minimum atomic E-state index is 0.114. The Labute approximate surface area is 85.0 Å². The van der Waals surface area contributed by atoms with Gasteiger partial charge in [0.2, 0.25) is 0 Å². The standard InChI is InChI=1S/C10H20N2O2/c11-10(9-1-2-9)7-12(8-10)3-5-14-6-4-13/h9,13H,1-8,11H2. The quantitative estimate of drug-likeness (QED) is 0.563. The first kappa shape index (κ1) is 10.4. The number of hydrogen-bond acceptors (Lipinski definition) is 4. The number of rotatable bonds is 6. The van der Waals surface area contributed by atoms with Crippen molar-refractivity contribution in [2.75, 3.05) is 39.5 Å². The predicted molar refractivity (Wildman–Crippen MR) is 54.0 cm³/mol. The summed E-state index contributed by atoms with van der Waals surface area (Å²) < 4.78 is 5.20. The van der Waals surface area contributed by atoms with Gasteiger partial charge in [-0.05, 0) is 18.8 Å². The molecule has 0 spiro atoms. The van der Waals surface area contributed by atoms with Gasteiger partial charge in [-0.15, -0.1) is 0 Å². The van der Waals surface area contributed by atoms with Gasteiger partial charge in [-0.2, -0.15) is 0 Å². The smallest absolute Gasteiger partial charge is 0.0698 e. The van der Waals surface area contributed by atoms with Crippen LogP contribution in [0, 0.1) is 5.92 Å². The molecular formula is C10H20N2O2. The van der Waals surface area contributed by atoms with E-state index in [1.54, 1.807) is 0 Å². The summed E-state index contributed by atoms with van der Waals surface area (Å²) in [6.07, 6.45) is 2.65. The lowest BCUT2D eigenvalue weighted by Crippen LogP contribution is -2.68. The Hall–Kier alpha value is -0.160. The van der Waals surface area contributed by atoms with Gasteiger partial charge < -0.3 is 15.6 Å². The minimum Gasteiger partial charge on any atom is -0.394 e. The minimum absolute atomic E-state index is 0.114. The van der Waals surface area contributed by atoms with E-state index in [2.05, 4.69) is 4.90 Å². The van der Waals surface area contributed by atoms with Crippen LogP contribution in [0.4, 0.5) is 0 Å². The first-order valence-corrected chi connectivity index (χ1v) is 5.44. The largest absolute Gasteiger partial charge is 0.394 e. The van der Waals surface area contributed by atoms with Crippen molar-refractivity contribution in [1.82, 2.24) is 4.90 Å². The van der Waals surface area contributed by atoms with Crippen LogP contribution in [0.2, 0.25) is 0 Å². The maximum Gasteiger partial charge on any atom is 0.0698 e. The van der Waals surface area contributed by atoms with Crippen molar-refractivity contribution in [1.29, 1.82) is 0 Å². The van der Waals surface area contributed by atoms with E-state index in [-0.39, 0.29) is 12.1 Å². The van der Waals surface area contributed by atoms with Gasteiger partial charge in [-0.1, -0.05) is 0 Å². The monoisotopic (exact) mass is 200 g/mol. The Bertz CT molecular complexity index is 189. The van der Waals surface area contributed by atoms with Crippen molar-refractivity contribution in [3.05, 3.63) is 0 Å². The number of likely N-dealkylation sites (tertiary alicyclic amines) is 1. The third kappa shape index (κ3) is 2.25. The van der Waals surface area contributed by atoms with Crippen LogP contribution >= 0.6 is 0 Å². The molecule has 0 radical (unpaired) electrons. The second-order valence-corrected chi connectivity index (χ2v) is 4.55. The highest BCUT2D eigenvalue weighted by Gasteiger charge is 2.49. The average molecular weight is 200 g/mol. The summed E-state index contributed by atoms with van der Waals surface area (Å²) in [4.78, 5) is 2.33. The molecule has 0 atom stereocenters. The summed E-state index contributed by atoms with van der Waals surface area (Å²) >= 11 is 0. The molecule has 2 aliphatic rings. The second-order valence-electron chi connectivity index (χ2n) is 4.55. The molecular weight excluding hydrogens is 180 g/mol. The van der Waals surface area contributed by atoms with Crippen LogP contribution in [0.5, 0.6) is 0 Å². The summed E-state index contributed by atoms with van der Waals surface area (Å²) in [5, 5.41) is 8.51. The Morgan fingerprint density at radius 1 is 1.36 bits per heavy atom. The van der Waals surface area contributed by atoms with Gasteiger partial charge in [0.05, 0.1) is 19.8 Å². The fourth-order valence-corrected chi connectivity index (χ4v) is 2.22. The molecule has 0 unspecified atom stereocenters. The molecule has 4 nitrogen and oxygen atoms in total. The topological polar surface area (TPSA) is 58.7 Å². The second kappa shape index (κ2) is 4.14. The van der Waals surface area contributed by atoms with Gasteiger partial charge in [0.1, 0.15) is 0 Å². The van der Waals surface area contributed by atoms with Crippen molar-refractivity contribution >= 4 is 0 Å². The van der Waals surface area contributed by atoms with E-state index in [9.17, 15) is 0 Å². The number of aliphatic hydroxyl groups excluding tert-OH is 1. The Morgan fingerprint density at radius 2 is 2.07 bits per heavy atom. The maximum atomic E-state index is 8.51. The fourth-order valence-electron chi connectivity index (χ4n) is 2.22. The van der Waals surface area contributed by atoms with Crippen LogP contribution in [0.25, 0.3) is 0 Å². The number of nitrogens with zero attached hydrogens (tertiary/aromatic N) is 1. The zero-order valence-electron chi connectivity index (χ0n) is 8.61. The van der Waals surface area contributed by atoms with Crippen molar-refractivity contribution < 1.29 is 9.84 Å². The average Bonchev–Trinajstić information content (AvgIpc) is 2.91. The molecule has 0 aromatic carbocycles. The molecule has 82 valence electrons. The highest BCUT2D eigenvalue weighted by atomic mass is 16.5. The summed E-state index contributed by atoms with van der Waals surface area (Å²) in [5.74, 6) is 0.789. The first-order chi connectivity index (χ1) is 6.74. The van der Waals surface area contributed by atoms with Crippen molar-refractivity contribution in [3.8, 4) is 0 Å². The third-order valence-corrected chi connectivity index (χ3v) is 3.21. The zero-order chi connectivity index (χ0) is 10.0. The molecule has 0 aromatic rings. The zero-order valence-corrected chi connectivity index (χ0v) is 8.61.